The van der Waals surface area contributed by atoms with Gasteiger partial charge in [-0.3, -0.25) is 0 Å². The van der Waals surface area contributed by atoms with Crippen LogP contribution in [-0.2, 0) is 0 Å². The van der Waals surface area contributed by atoms with Gasteiger partial charge < -0.3 is 11.1 Å². The van der Waals surface area contributed by atoms with Crippen LogP contribution in [0.15, 0.2) is 12.1 Å². The lowest BCUT2D eigenvalue weighted by Crippen LogP contribution is -2.28. The third-order valence-corrected chi connectivity index (χ3v) is 4.54. The molecule has 1 saturated carbocycles. The van der Waals surface area contributed by atoms with Gasteiger partial charge in [0.15, 0.2) is 0 Å². The highest BCUT2D eigenvalue weighted by atomic mass is 35.5. The van der Waals surface area contributed by atoms with E-state index in [1.807, 2.05) is 0 Å². The first-order valence-corrected chi connectivity index (χ1v) is 7.78. The predicted molar refractivity (Wildman–Crippen MR) is 84.7 cm³/mol. The van der Waals surface area contributed by atoms with E-state index in [1.54, 1.807) is 0 Å². The number of halogens is 2. The van der Waals surface area contributed by atoms with Gasteiger partial charge in [-0.15, -0.1) is 0 Å². The molecule has 0 amide bonds. The zero-order chi connectivity index (χ0) is 14.8. The van der Waals surface area contributed by atoms with E-state index >= 15 is 0 Å². The molecule has 2 nitrogen and oxygen atoms in total. The van der Waals surface area contributed by atoms with Crippen LogP contribution in [0.5, 0.6) is 0 Å². The molecule has 1 aromatic carbocycles. The Balaban J connectivity index is 2.08. The quantitative estimate of drug-likeness (QED) is 0.744. The number of rotatable bonds is 5. The summed E-state index contributed by atoms with van der Waals surface area (Å²) in [6.45, 7) is 5.38. The lowest BCUT2D eigenvalue weighted by molar-refractivity contribution is 0.252. The summed E-state index contributed by atoms with van der Waals surface area (Å²) in [5, 5.41) is 3.42. The molecule has 4 heteroatoms. The zero-order valence-electron chi connectivity index (χ0n) is 12.3. The van der Waals surface area contributed by atoms with E-state index in [9.17, 15) is 4.39 Å². The van der Waals surface area contributed by atoms with E-state index < -0.39 is 5.82 Å². The van der Waals surface area contributed by atoms with Gasteiger partial charge in [0.2, 0.25) is 0 Å². The normalized spacial score (nSPS) is 17.6. The fourth-order valence-corrected chi connectivity index (χ4v) is 3.61. The zero-order valence-corrected chi connectivity index (χ0v) is 13.1. The molecule has 0 spiro atoms. The van der Waals surface area contributed by atoms with Crippen molar-refractivity contribution in [3.05, 3.63) is 23.0 Å². The molecule has 112 valence electrons. The minimum atomic E-state index is -0.423. The molecule has 0 bridgehead atoms. The van der Waals surface area contributed by atoms with Gasteiger partial charge in [0, 0.05) is 12.6 Å². The fraction of sp³-hybridized carbons (Fsp3) is 0.625. The summed E-state index contributed by atoms with van der Waals surface area (Å²) in [4.78, 5) is 0. The lowest BCUT2D eigenvalue weighted by atomic mass is 9.78. The monoisotopic (exact) mass is 298 g/mol. The molecule has 0 aliphatic heterocycles. The molecule has 0 saturated heterocycles. The molecule has 20 heavy (non-hydrogen) atoms. The van der Waals surface area contributed by atoms with Crippen molar-refractivity contribution in [1.82, 2.24) is 0 Å². The SMILES string of the molecule is CC(C)CC1(CNc2cc(F)c(Cl)cc2N)CCCC1. The van der Waals surface area contributed by atoms with E-state index in [1.165, 1.54) is 44.2 Å². The average Bonchev–Trinajstić information content (AvgIpc) is 2.80. The van der Waals surface area contributed by atoms with Crippen molar-refractivity contribution in [3.8, 4) is 0 Å². The highest BCUT2D eigenvalue weighted by Crippen LogP contribution is 2.43. The van der Waals surface area contributed by atoms with E-state index in [0.29, 0.717) is 22.7 Å². The van der Waals surface area contributed by atoms with Crippen LogP contribution in [0.25, 0.3) is 0 Å². The number of nitrogens with two attached hydrogens (primary N) is 1. The summed E-state index contributed by atoms with van der Waals surface area (Å²) in [5.41, 5.74) is 7.40. The molecular formula is C16H24ClFN2. The first kappa shape index (κ1) is 15.4. The van der Waals surface area contributed by atoms with Gasteiger partial charge in [-0.05, 0) is 36.7 Å². The van der Waals surface area contributed by atoms with E-state index in [2.05, 4.69) is 19.2 Å². The van der Waals surface area contributed by atoms with Gasteiger partial charge in [0.05, 0.1) is 16.4 Å². The minimum absolute atomic E-state index is 0.0748. The molecule has 0 heterocycles. The second kappa shape index (κ2) is 6.21. The van der Waals surface area contributed by atoms with Crippen LogP contribution in [0.3, 0.4) is 0 Å². The maximum absolute atomic E-state index is 13.5. The first-order valence-electron chi connectivity index (χ1n) is 7.40. The van der Waals surface area contributed by atoms with Crippen LogP contribution in [0.4, 0.5) is 15.8 Å². The molecule has 0 unspecified atom stereocenters. The Morgan fingerprint density at radius 2 is 2.00 bits per heavy atom. The summed E-state index contributed by atoms with van der Waals surface area (Å²) >= 11 is 5.73. The Bertz CT molecular complexity index is 468. The number of benzene rings is 1. The summed E-state index contributed by atoms with van der Waals surface area (Å²) in [6, 6.07) is 2.87. The number of hydrogen-bond acceptors (Lipinski definition) is 2. The highest BCUT2D eigenvalue weighted by Gasteiger charge is 2.34. The topological polar surface area (TPSA) is 38.0 Å². The largest absolute Gasteiger partial charge is 0.397 e. The van der Waals surface area contributed by atoms with Gasteiger partial charge in [0.25, 0.3) is 0 Å². The van der Waals surface area contributed by atoms with E-state index in [0.717, 1.165) is 6.54 Å². The molecule has 1 aliphatic rings. The second-order valence-electron chi connectivity index (χ2n) is 6.51. The van der Waals surface area contributed by atoms with E-state index in [4.69, 9.17) is 17.3 Å². The van der Waals surface area contributed by atoms with Crippen molar-refractivity contribution in [2.24, 2.45) is 11.3 Å². The molecule has 0 radical (unpaired) electrons. The van der Waals surface area contributed by atoms with Crippen molar-refractivity contribution in [3.63, 3.8) is 0 Å². The van der Waals surface area contributed by atoms with Crippen LogP contribution >= 0.6 is 11.6 Å². The fourth-order valence-electron chi connectivity index (χ4n) is 3.44. The molecule has 1 fully saturated rings. The van der Waals surface area contributed by atoms with Crippen LogP contribution in [0.2, 0.25) is 5.02 Å². The maximum atomic E-state index is 13.5. The van der Waals surface area contributed by atoms with Gasteiger partial charge in [-0.1, -0.05) is 38.3 Å². The van der Waals surface area contributed by atoms with E-state index in [-0.39, 0.29) is 5.02 Å². The number of anilines is 2. The van der Waals surface area contributed by atoms with Crippen molar-refractivity contribution < 1.29 is 4.39 Å². The van der Waals surface area contributed by atoms with Crippen LogP contribution < -0.4 is 11.1 Å². The Labute approximate surface area is 125 Å². The molecule has 3 N–H and O–H groups in total. The Hall–Kier alpha value is -0.960. The standard InChI is InChI=1S/C16H24ClFN2/c1-11(2)9-16(5-3-4-6-16)10-20-15-8-13(18)12(17)7-14(15)19/h7-8,11,20H,3-6,9-10,19H2,1-2H3. The predicted octanol–water partition coefficient (Wildman–Crippen LogP) is 5.08. The third kappa shape index (κ3) is 3.57. The Kier molecular flexibility index (Phi) is 4.79. The molecular weight excluding hydrogens is 275 g/mol. The second-order valence-corrected chi connectivity index (χ2v) is 6.92. The summed E-state index contributed by atoms with van der Waals surface area (Å²) in [7, 11) is 0. The van der Waals surface area contributed by atoms with Crippen molar-refractivity contribution >= 4 is 23.0 Å². The average molecular weight is 299 g/mol. The van der Waals surface area contributed by atoms with Gasteiger partial charge in [-0.2, -0.15) is 0 Å². The Morgan fingerprint density at radius 1 is 1.35 bits per heavy atom. The van der Waals surface area contributed by atoms with Crippen molar-refractivity contribution in [2.45, 2.75) is 46.0 Å². The molecule has 0 aromatic heterocycles. The molecule has 0 atom stereocenters. The maximum Gasteiger partial charge on any atom is 0.143 e. The third-order valence-electron chi connectivity index (χ3n) is 4.25. The number of hydrogen-bond donors (Lipinski definition) is 2. The lowest BCUT2D eigenvalue weighted by Gasteiger charge is -2.32. The molecule has 2 rings (SSSR count). The van der Waals surface area contributed by atoms with Crippen LogP contribution in [-0.4, -0.2) is 6.54 Å². The van der Waals surface area contributed by atoms with Crippen molar-refractivity contribution in [1.29, 1.82) is 0 Å². The molecule has 1 aliphatic carbocycles. The Morgan fingerprint density at radius 3 is 2.60 bits per heavy atom. The number of nitrogen functional groups attached to an aromatic ring is 1. The highest BCUT2D eigenvalue weighted by molar-refractivity contribution is 6.31. The number of nitrogens with one attached hydrogen (secondary N) is 1. The minimum Gasteiger partial charge on any atom is -0.397 e. The van der Waals surface area contributed by atoms with Gasteiger partial charge in [-0.25, -0.2) is 4.39 Å². The van der Waals surface area contributed by atoms with Gasteiger partial charge >= 0.3 is 0 Å². The van der Waals surface area contributed by atoms with Crippen LogP contribution in [0, 0.1) is 17.2 Å². The summed E-state index contributed by atoms with van der Waals surface area (Å²) in [5.74, 6) is 0.252. The summed E-state index contributed by atoms with van der Waals surface area (Å²) < 4.78 is 13.5. The smallest absolute Gasteiger partial charge is 0.143 e. The van der Waals surface area contributed by atoms with Gasteiger partial charge in [0.1, 0.15) is 5.82 Å². The summed E-state index contributed by atoms with van der Waals surface area (Å²) in [6.07, 6.45) is 6.27. The molecule has 1 aromatic rings. The van der Waals surface area contributed by atoms with Crippen molar-refractivity contribution in [2.75, 3.05) is 17.6 Å². The van der Waals surface area contributed by atoms with Crippen LogP contribution in [0.1, 0.15) is 46.0 Å². The first-order chi connectivity index (χ1) is 9.42.